The van der Waals surface area contributed by atoms with Crippen molar-refractivity contribution in [2.24, 2.45) is 0 Å². The van der Waals surface area contributed by atoms with Crippen molar-refractivity contribution in [2.45, 2.75) is 0 Å². The van der Waals surface area contributed by atoms with Gasteiger partial charge in [0.15, 0.2) is 0 Å². The summed E-state index contributed by atoms with van der Waals surface area (Å²) in [6, 6.07) is 59.9. The smallest absolute Gasteiger partial charge is 0.135 e. The zero-order chi connectivity index (χ0) is 29.3. The molecule has 7 aromatic carbocycles. The van der Waals surface area contributed by atoms with Crippen molar-refractivity contribution in [3.63, 3.8) is 0 Å². The van der Waals surface area contributed by atoms with Crippen LogP contribution in [0.3, 0.4) is 0 Å². The van der Waals surface area contributed by atoms with E-state index in [1.54, 1.807) is 0 Å². The van der Waals surface area contributed by atoms with E-state index in [1.807, 2.05) is 12.1 Å². The van der Waals surface area contributed by atoms with E-state index in [0.29, 0.717) is 0 Å². The second kappa shape index (κ2) is 11.1. The molecule has 2 heteroatoms. The Morgan fingerprint density at radius 3 is 1.36 bits per heavy atom. The van der Waals surface area contributed by atoms with E-state index < -0.39 is 0 Å². The number of para-hydroxylation sites is 1. The van der Waals surface area contributed by atoms with Gasteiger partial charge in [0.2, 0.25) is 0 Å². The fraction of sp³-hybridized carbons (Fsp3) is 0. The van der Waals surface area contributed by atoms with E-state index in [0.717, 1.165) is 33.3 Å². The lowest BCUT2D eigenvalue weighted by Gasteiger charge is -2.10. The van der Waals surface area contributed by atoms with Crippen LogP contribution in [-0.4, -0.2) is 0 Å². The van der Waals surface area contributed by atoms with Crippen LogP contribution < -0.4 is 5.32 Å². The Labute approximate surface area is 256 Å². The summed E-state index contributed by atoms with van der Waals surface area (Å²) in [6.45, 7) is 0. The van der Waals surface area contributed by atoms with Gasteiger partial charge in [-0.1, -0.05) is 121 Å². The maximum Gasteiger partial charge on any atom is 0.135 e. The zero-order valence-corrected chi connectivity index (χ0v) is 24.1. The molecular weight excluding hydrogens is 534 g/mol. The molecule has 0 fully saturated rings. The third kappa shape index (κ3) is 5.04. The van der Waals surface area contributed by atoms with Gasteiger partial charge < -0.3 is 9.73 Å². The number of nitrogens with one attached hydrogen (secondary N) is 1. The number of anilines is 2. The summed E-state index contributed by atoms with van der Waals surface area (Å²) in [5.41, 5.74) is 13.6. The minimum Gasteiger partial charge on any atom is -0.456 e. The van der Waals surface area contributed by atoms with Crippen LogP contribution in [0.1, 0.15) is 0 Å². The van der Waals surface area contributed by atoms with Crippen molar-refractivity contribution in [1.29, 1.82) is 0 Å². The van der Waals surface area contributed by atoms with Gasteiger partial charge in [0.05, 0.1) is 0 Å². The minimum atomic E-state index is 0.921. The Morgan fingerprint density at radius 1 is 0.295 bits per heavy atom. The van der Waals surface area contributed by atoms with Crippen LogP contribution in [0.25, 0.3) is 66.4 Å². The molecule has 208 valence electrons. The van der Waals surface area contributed by atoms with Crippen molar-refractivity contribution >= 4 is 33.3 Å². The predicted molar refractivity (Wildman–Crippen MR) is 185 cm³/mol. The normalized spacial score (nSPS) is 11.2. The van der Waals surface area contributed by atoms with E-state index in [1.165, 1.54) is 44.5 Å². The van der Waals surface area contributed by atoms with E-state index in [2.05, 4.69) is 163 Å². The molecule has 0 aliphatic heterocycles. The van der Waals surface area contributed by atoms with Crippen LogP contribution in [0, 0.1) is 0 Å². The molecule has 1 N–H and O–H groups in total. The molecule has 1 heterocycles. The van der Waals surface area contributed by atoms with Crippen LogP contribution in [0.4, 0.5) is 11.4 Å². The Morgan fingerprint density at radius 2 is 0.727 bits per heavy atom. The van der Waals surface area contributed by atoms with Gasteiger partial charge in [-0.15, -0.1) is 0 Å². The highest BCUT2D eigenvalue weighted by molar-refractivity contribution is 6.06. The van der Waals surface area contributed by atoms with Crippen LogP contribution >= 0.6 is 0 Å². The molecule has 0 saturated heterocycles. The molecule has 0 atom stereocenters. The van der Waals surface area contributed by atoms with Gasteiger partial charge in [0.25, 0.3) is 0 Å². The van der Waals surface area contributed by atoms with Gasteiger partial charge in [-0.2, -0.15) is 0 Å². The third-order valence-electron chi connectivity index (χ3n) is 8.29. The van der Waals surface area contributed by atoms with Crippen molar-refractivity contribution < 1.29 is 4.42 Å². The van der Waals surface area contributed by atoms with E-state index in [-0.39, 0.29) is 0 Å². The van der Waals surface area contributed by atoms with Gasteiger partial charge in [0, 0.05) is 22.1 Å². The Hall–Kier alpha value is -5.86. The minimum absolute atomic E-state index is 0.921. The summed E-state index contributed by atoms with van der Waals surface area (Å²) >= 11 is 0. The Kier molecular flexibility index (Phi) is 6.51. The maximum absolute atomic E-state index is 6.00. The SMILES string of the molecule is c1ccc(-c2cccc(-c3ccc(Nc4ccc(-c5ccc(-c6ccc7oc8ccccc8c7c6)cc5)cc4)cc3)c2)cc1. The highest BCUT2D eigenvalue weighted by Crippen LogP contribution is 2.34. The lowest BCUT2D eigenvalue weighted by atomic mass is 9.99. The fourth-order valence-corrected chi connectivity index (χ4v) is 5.93. The molecular formula is C42H29NO. The molecule has 0 amide bonds. The highest BCUT2D eigenvalue weighted by Gasteiger charge is 2.09. The summed E-state index contributed by atoms with van der Waals surface area (Å²) in [4.78, 5) is 0. The second-order valence-corrected chi connectivity index (χ2v) is 11.1. The van der Waals surface area contributed by atoms with E-state index in [4.69, 9.17) is 4.42 Å². The third-order valence-corrected chi connectivity index (χ3v) is 8.29. The van der Waals surface area contributed by atoms with Gasteiger partial charge in [-0.3, -0.25) is 0 Å². The summed E-state index contributed by atoms with van der Waals surface area (Å²) in [5, 5.41) is 5.85. The number of rotatable bonds is 6. The quantitative estimate of drug-likeness (QED) is 0.218. The average molecular weight is 564 g/mol. The van der Waals surface area contributed by atoms with Gasteiger partial charge in [0.1, 0.15) is 11.2 Å². The zero-order valence-electron chi connectivity index (χ0n) is 24.1. The summed E-state index contributed by atoms with van der Waals surface area (Å²) in [6.07, 6.45) is 0. The van der Waals surface area contributed by atoms with Crippen LogP contribution in [0.15, 0.2) is 174 Å². The summed E-state index contributed by atoms with van der Waals surface area (Å²) < 4.78 is 6.00. The standard InChI is InChI=1S/C42H29NO/c1-2-7-29(8-3-1)34-9-6-10-35(27-34)33-19-24-38(25-20-33)43-37-22-17-31(18-23-37)30-13-15-32(16-14-30)36-21-26-42-40(28-36)39-11-4-5-12-41(39)44-42/h1-28,43H. The first kappa shape index (κ1) is 25.8. The molecule has 0 bridgehead atoms. The molecule has 0 aliphatic carbocycles. The lowest BCUT2D eigenvalue weighted by Crippen LogP contribution is -1.90. The molecule has 0 spiro atoms. The molecule has 44 heavy (non-hydrogen) atoms. The van der Waals surface area contributed by atoms with Crippen LogP contribution in [0.5, 0.6) is 0 Å². The summed E-state index contributed by atoms with van der Waals surface area (Å²) in [7, 11) is 0. The average Bonchev–Trinajstić information content (AvgIpc) is 3.48. The van der Waals surface area contributed by atoms with Gasteiger partial charge in [-0.05, 0) is 93.0 Å². The number of furan rings is 1. The Balaban J connectivity index is 0.961. The van der Waals surface area contributed by atoms with Gasteiger partial charge in [-0.25, -0.2) is 0 Å². The molecule has 0 aliphatic rings. The molecule has 0 radical (unpaired) electrons. The first-order valence-corrected chi connectivity index (χ1v) is 14.9. The first-order valence-electron chi connectivity index (χ1n) is 14.9. The number of hydrogen-bond donors (Lipinski definition) is 1. The molecule has 8 aromatic rings. The fourth-order valence-electron chi connectivity index (χ4n) is 5.93. The number of hydrogen-bond acceptors (Lipinski definition) is 2. The first-order chi connectivity index (χ1) is 21.8. The van der Waals surface area contributed by atoms with Crippen LogP contribution in [0.2, 0.25) is 0 Å². The molecule has 1 aromatic heterocycles. The second-order valence-electron chi connectivity index (χ2n) is 11.1. The topological polar surface area (TPSA) is 25.2 Å². The summed E-state index contributed by atoms with van der Waals surface area (Å²) in [5.74, 6) is 0. The maximum atomic E-state index is 6.00. The van der Waals surface area contributed by atoms with Crippen molar-refractivity contribution in [1.82, 2.24) is 0 Å². The highest BCUT2D eigenvalue weighted by atomic mass is 16.3. The monoisotopic (exact) mass is 563 g/mol. The van der Waals surface area contributed by atoms with Crippen molar-refractivity contribution in [2.75, 3.05) is 5.32 Å². The predicted octanol–water partition coefficient (Wildman–Crippen LogP) is 12.0. The van der Waals surface area contributed by atoms with E-state index in [9.17, 15) is 0 Å². The Bertz CT molecular complexity index is 2210. The molecule has 2 nitrogen and oxygen atoms in total. The van der Waals surface area contributed by atoms with Crippen molar-refractivity contribution in [3.05, 3.63) is 170 Å². The lowest BCUT2D eigenvalue weighted by molar-refractivity contribution is 0.669. The number of fused-ring (bicyclic) bond motifs is 3. The van der Waals surface area contributed by atoms with E-state index >= 15 is 0 Å². The molecule has 8 rings (SSSR count). The largest absolute Gasteiger partial charge is 0.456 e. The van der Waals surface area contributed by atoms with Crippen LogP contribution in [-0.2, 0) is 0 Å². The molecule has 0 unspecified atom stereocenters. The number of benzene rings is 7. The van der Waals surface area contributed by atoms with Gasteiger partial charge >= 0.3 is 0 Å². The van der Waals surface area contributed by atoms with Crippen molar-refractivity contribution in [3.8, 4) is 44.5 Å². The molecule has 0 saturated carbocycles.